The highest BCUT2D eigenvalue weighted by atomic mass is 16.5. The number of likely N-dealkylation sites (tertiary alicyclic amines) is 1. The highest BCUT2D eigenvalue weighted by Crippen LogP contribution is 2.31. The summed E-state index contributed by atoms with van der Waals surface area (Å²) in [5.74, 6) is 1.32. The van der Waals surface area contributed by atoms with E-state index in [0.29, 0.717) is 13.0 Å². The van der Waals surface area contributed by atoms with E-state index in [1.165, 1.54) is 5.52 Å². The predicted molar refractivity (Wildman–Crippen MR) is 91.2 cm³/mol. The van der Waals surface area contributed by atoms with Crippen LogP contribution in [-0.4, -0.2) is 52.0 Å². The largest absolute Gasteiger partial charge is 0.389 e. The first kappa shape index (κ1) is 16.4. The normalized spacial score (nSPS) is 26.0. The first-order valence-electron chi connectivity index (χ1n) is 8.37. The van der Waals surface area contributed by atoms with Crippen molar-refractivity contribution in [3.8, 4) is 0 Å². The lowest BCUT2D eigenvalue weighted by Crippen LogP contribution is -2.51. The number of aryl methyl sites for hydroxylation is 1. The number of fused-ring (bicyclic) bond motifs is 1. The van der Waals surface area contributed by atoms with Crippen molar-refractivity contribution in [3.63, 3.8) is 0 Å². The third-order valence-electron chi connectivity index (χ3n) is 5.29. The Hall–Kier alpha value is -1.43. The van der Waals surface area contributed by atoms with Gasteiger partial charge < -0.3 is 14.4 Å². The fourth-order valence-corrected chi connectivity index (χ4v) is 3.58. The van der Waals surface area contributed by atoms with Crippen LogP contribution in [0.1, 0.15) is 25.6 Å². The number of aromatic nitrogens is 2. The van der Waals surface area contributed by atoms with Gasteiger partial charge in [-0.15, -0.1) is 0 Å². The van der Waals surface area contributed by atoms with Crippen LogP contribution in [-0.2, 0) is 18.3 Å². The first-order chi connectivity index (χ1) is 11.0. The molecule has 126 valence electrons. The highest BCUT2D eigenvalue weighted by molar-refractivity contribution is 5.75. The maximum Gasteiger partial charge on any atom is 0.123 e. The van der Waals surface area contributed by atoms with Gasteiger partial charge in [-0.05, 0) is 30.9 Å². The smallest absolute Gasteiger partial charge is 0.123 e. The number of ether oxygens (including phenoxy) is 1. The summed E-state index contributed by atoms with van der Waals surface area (Å²) >= 11 is 0. The topological polar surface area (TPSA) is 50.5 Å². The Morgan fingerprint density at radius 3 is 2.87 bits per heavy atom. The average molecular weight is 317 g/mol. The van der Waals surface area contributed by atoms with Crippen molar-refractivity contribution in [2.75, 3.05) is 26.8 Å². The van der Waals surface area contributed by atoms with E-state index < -0.39 is 5.60 Å². The molecule has 1 aromatic heterocycles. The van der Waals surface area contributed by atoms with Gasteiger partial charge in [-0.2, -0.15) is 0 Å². The number of piperidine rings is 1. The van der Waals surface area contributed by atoms with Crippen LogP contribution in [0.2, 0.25) is 0 Å². The van der Waals surface area contributed by atoms with Gasteiger partial charge in [0, 0.05) is 33.9 Å². The lowest BCUT2D eigenvalue weighted by Gasteiger charge is -2.43. The Morgan fingerprint density at radius 1 is 1.39 bits per heavy atom. The molecule has 0 amide bonds. The van der Waals surface area contributed by atoms with E-state index in [1.807, 2.05) is 12.1 Å². The van der Waals surface area contributed by atoms with Gasteiger partial charge in [-0.25, -0.2) is 4.98 Å². The van der Waals surface area contributed by atoms with Crippen LogP contribution in [0.25, 0.3) is 11.0 Å². The number of hydrogen-bond donors (Lipinski definition) is 1. The molecule has 2 aromatic rings. The maximum absolute atomic E-state index is 10.8. The highest BCUT2D eigenvalue weighted by Gasteiger charge is 2.38. The summed E-state index contributed by atoms with van der Waals surface area (Å²) in [5.41, 5.74) is 1.62. The molecule has 0 saturated carbocycles. The molecule has 1 aliphatic rings. The summed E-state index contributed by atoms with van der Waals surface area (Å²) in [6.45, 7) is 5.37. The molecule has 1 fully saturated rings. The number of rotatable bonds is 5. The summed E-state index contributed by atoms with van der Waals surface area (Å²) < 4.78 is 7.32. The van der Waals surface area contributed by atoms with E-state index in [0.717, 1.165) is 37.4 Å². The van der Waals surface area contributed by atoms with Gasteiger partial charge in [0.25, 0.3) is 0 Å². The number of hydrogen-bond acceptors (Lipinski definition) is 4. The Balaban J connectivity index is 1.68. The summed E-state index contributed by atoms with van der Waals surface area (Å²) in [5, 5.41) is 10.8. The van der Waals surface area contributed by atoms with Crippen LogP contribution in [0.4, 0.5) is 0 Å². The number of aliphatic hydroxyl groups is 1. The monoisotopic (exact) mass is 317 g/mol. The van der Waals surface area contributed by atoms with Gasteiger partial charge >= 0.3 is 0 Å². The molecular weight excluding hydrogens is 290 g/mol. The predicted octanol–water partition coefficient (Wildman–Crippen LogP) is 2.18. The Morgan fingerprint density at radius 2 is 2.17 bits per heavy atom. The summed E-state index contributed by atoms with van der Waals surface area (Å²) in [6, 6.07) is 8.24. The molecule has 0 aliphatic carbocycles. The third-order valence-corrected chi connectivity index (χ3v) is 5.29. The van der Waals surface area contributed by atoms with E-state index in [9.17, 15) is 5.11 Å². The Kier molecular flexibility index (Phi) is 4.71. The molecule has 0 unspecified atom stereocenters. The van der Waals surface area contributed by atoms with Crippen LogP contribution < -0.4 is 0 Å². The van der Waals surface area contributed by atoms with Gasteiger partial charge in [0.05, 0.1) is 23.2 Å². The molecule has 1 aliphatic heterocycles. The quantitative estimate of drug-likeness (QED) is 0.918. The molecule has 1 N–H and O–H groups in total. The first-order valence-corrected chi connectivity index (χ1v) is 8.37. The molecule has 1 aromatic carbocycles. The van der Waals surface area contributed by atoms with Crippen molar-refractivity contribution in [1.82, 2.24) is 14.5 Å². The maximum atomic E-state index is 10.8. The zero-order valence-electron chi connectivity index (χ0n) is 14.3. The lowest BCUT2D eigenvalue weighted by molar-refractivity contribution is -0.0831. The van der Waals surface area contributed by atoms with Gasteiger partial charge in [0.2, 0.25) is 0 Å². The van der Waals surface area contributed by atoms with E-state index in [-0.39, 0.29) is 5.92 Å². The Labute approximate surface area is 137 Å². The van der Waals surface area contributed by atoms with E-state index in [4.69, 9.17) is 9.72 Å². The third kappa shape index (κ3) is 3.27. The molecule has 0 radical (unpaired) electrons. The minimum absolute atomic E-state index is 0.237. The molecule has 23 heavy (non-hydrogen) atoms. The number of imidazole rings is 1. The molecule has 3 rings (SSSR count). The Bertz CT molecular complexity index is 669. The molecule has 1 saturated heterocycles. The summed E-state index contributed by atoms with van der Waals surface area (Å²) in [4.78, 5) is 7.15. The second kappa shape index (κ2) is 6.59. The number of benzene rings is 1. The van der Waals surface area contributed by atoms with Crippen LogP contribution in [0, 0.1) is 5.92 Å². The molecule has 2 heterocycles. The molecule has 2 atom stereocenters. The fraction of sp³-hybridized carbons (Fsp3) is 0.611. The molecule has 5 nitrogen and oxygen atoms in total. The van der Waals surface area contributed by atoms with Crippen LogP contribution >= 0.6 is 0 Å². The SMILES string of the molecule is COCC[C@]1(O)CCN(Cc2nc3ccccc3n2C)C[C@H]1C. The van der Waals surface area contributed by atoms with Crippen LogP contribution in [0.5, 0.6) is 0 Å². The zero-order chi connectivity index (χ0) is 16.4. The van der Waals surface area contributed by atoms with E-state index in [2.05, 4.69) is 35.6 Å². The van der Waals surface area contributed by atoms with Crippen molar-refractivity contribution in [3.05, 3.63) is 30.1 Å². The fourth-order valence-electron chi connectivity index (χ4n) is 3.58. The van der Waals surface area contributed by atoms with Crippen molar-refractivity contribution in [1.29, 1.82) is 0 Å². The van der Waals surface area contributed by atoms with Crippen molar-refractivity contribution in [2.45, 2.75) is 31.9 Å². The number of para-hydroxylation sites is 2. The van der Waals surface area contributed by atoms with Gasteiger partial charge in [-0.3, -0.25) is 4.90 Å². The van der Waals surface area contributed by atoms with E-state index in [1.54, 1.807) is 7.11 Å². The van der Waals surface area contributed by atoms with Crippen LogP contribution in [0.15, 0.2) is 24.3 Å². The molecule has 0 bridgehead atoms. The van der Waals surface area contributed by atoms with Crippen LogP contribution in [0.3, 0.4) is 0 Å². The van der Waals surface area contributed by atoms with Gasteiger partial charge in [-0.1, -0.05) is 19.1 Å². The van der Waals surface area contributed by atoms with Crippen molar-refractivity contribution >= 4 is 11.0 Å². The molecule has 0 spiro atoms. The molecule has 5 heteroatoms. The average Bonchev–Trinajstić information content (AvgIpc) is 2.86. The number of nitrogens with zero attached hydrogens (tertiary/aromatic N) is 3. The van der Waals surface area contributed by atoms with Crippen molar-refractivity contribution < 1.29 is 9.84 Å². The zero-order valence-corrected chi connectivity index (χ0v) is 14.3. The van der Waals surface area contributed by atoms with Gasteiger partial charge in [0.1, 0.15) is 5.82 Å². The standard InChI is InChI=1S/C18H27N3O2/c1-14-12-21(10-8-18(14,22)9-11-23-3)13-17-19-15-6-4-5-7-16(15)20(17)2/h4-7,14,22H,8-13H2,1-3H3/t14-,18-/m1/s1. The summed E-state index contributed by atoms with van der Waals surface area (Å²) in [7, 11) is 3.77. The van der Waals surface area contributed by atoms with Crippen molar-refractivity contribution in [2.24, 2.45) is 13.0 Å². The molecular formula is C18H27N3O2. The minimum atomic E-state index is -0.598. The second-order valence-corrected chi connectivity index (χ2v) is 6.81. The van der Waals surface area contributed by atoms with E-state index >= 15 is 0 Å². The van der Waals surface area contributed by atoms with Gasteiger partial charge in [0.15, 0.2) is 0 Å². The summed E-state index contributed by atoms with van der Waals surface area (Å²) in [6.07, 6.45) is 1.51. The minimum Gasteiger partial charge on any atom is -0.389 e. The second-order valence-electron chi connectivity index (χ2n) is 6.81. The lowest BCUT2D eigenvalue weighted by atomic mass is 9.80. The number of methoxy groups -OCH3 is 1.